The Morgan fingerprint density at radius 2 is 2.36 bits per heavy atom. The second-order valence-corrected chi connectivity index (χ2v) is 6.14. The van der Waals surface area contributed by atoms with E-state index in [1.54, 1.807) is 6.92 Å². The van der Waals surface area contributed by atoms with E-state index in [0.29, 0.717) is 43.8 Å². The predicted octanol–water partition coefficient (Wildman–Crippen LogP) is 1.77. The third kappa shape index (κ3) is 5.29. The topological polar surface area (TPSA) is 80.5 Å². The van der Waals surface area contributed by atoms with Crippen molar-refractivity contribution in [1.29, 1.82) is 0 Å². The lowest BCUT2D eigenvalue weighted by Crippen LogP contribution is -2.48. The molecule has 2 heterocycles. The molecule has 124 valence electrons. The van der Waals surface area contributed by atoms with E-state index in [0.717, 1.165) is 19.4 Å². The van der Waals surface area contributed by atoms with Crippen molar-refractivity contribution in [2.75, 3.05) is 26.2 Å². The highest BCUT2D eigenvalue weighted by atomic mass is 16.5. The van der Waals surface area contributed by atoms with Crippen LogP contribution in [0.3, 0.4) is 0 Å². The van der Waals surface area contributed by atoms with E-state index < -0.39 is 0 Å². The molecule has 0 aliphatic carbocycles. The summed E-state index contributed by atoms with van der Waals surface area (Å²) in [5.74, 6) is 1.69. The number of nitrogens with one attached hydrogen (secondary N) is 1. The van der Waals surface area contributed by atoms with Crippen LogP contribution >= 0.6 is 0 Å². The molecule has 1 fully saturated rings. The number of amides is 2. The Bertz CT molecular complexity index is 475. The molecular formula is C15H26N4O3. The molecule has 7 nitrogen and oxygen atoms in total. The van der Waals surface area contributed by atoms with E-state index in [4.69, 9.17) is 9.26 Å². The van der Waals surface area contributed by atoms with Gasteiger partial charge in [0, 0.05) is 33.0 Å². The highest BCUT2D eigenvalue weighted by Crippen LogP contribution is 2.13. The summed E-state index contributed by atoms with van der Waals surface area (Å²) in [7, 11) is 0. The van der Waals surface area contributed by atoms with Crippen LogP contribution in [0.1, 0.15) is 38.4 Å². The Hall–Kier alpha value is -1.63. The molecule has 1 aromatic heterocycles. The molecule has 1 atom stereocenters. The molecule has 1 saturated heterocycles. The Labute approximate surface area is 131 Å². The maximum Gasteiger partial charge on any atom is 0.317 e. The van der Waals surface area contributed by atoms with Gasteiger partial charge in [0.2, 0.25) is 5.89 Å². The molecule has 2 rings (SSSR count). The summed E-state index contributed by atoms with van der Waals surface area (Å²) < 4.78 is 10.8. The van der Waals surface area contributed by atoms with E-state index in [-0.39, 0.29) is 12.1 Å². The van der Waals surface area contributed by atoms with Gasteiger partial charge in [-0.3, -0.25) is 0 Å². The van der Waals surface area contributed by atoms with Crippen molar-refractivity contribution < 1.29 is 14.1 Å². The minimum absolute atomic E-state index is 0.00999. The molecule has 0 bridgehead atoms. The first-order valence-electron chi connectivity index (χ1n) is 7.98. The Balaban J connectivity index is 1.70. The number of carbonyl (C=O) groups excluding carboxylic acids is 1. The lowest BCUT2D eigenvalue weighted by Gasteiger charge is -2.32. The molecule has 0 saturated carbocycles. The zero-order chi connectivity index (χ0) is 15.9. The van der Waals surface area contributed by atoms with Crippen molar-refractivity contribution in [3.05, 3.63) is 11.7 Å². The molecule has 1 N–H and O–H groups in total. The highest BCUT2D eigenvalue weighted by molar-refractivity contribution is 5.74. The number of hydrogen-bond acceptors (Lipinski definition) is 5. The second-order valence-electron chi connectivity index (χ2n) is 6.14. The second kappa shape index (κ2) is 8.12. The average Bonchev–Trinajstić information content (AvgIpc) is 2.90. The number of ether oxygens (including phenoxy) is 1. The molecule has 1 aromatic rings. The van der Waals surface area contributed by atoms with Crippen molar-refractivity contribution in [2.24, 2.45) is 5.92 Å². The molecule has 1 aliphatic heterocycles. The fourth-order valence-corrected chi connectivity index (χ4v) is 2.42. The summed E-state index contributed by atoms with van der Waals surface area (Å²) in [4.78, 5) is 18.1. The Morgan fingerprint density at radius 3 is 3.05 bits per heavy atom. The predicted molar refractivity (Wildman–Crippen MR) is 81.5 cm³/mol. The maximum atomic E-state index is 12.1. The molecule has 22 heavy (non-hydrogen) atoms. The maximum absolute atomic E-state index is 12.1. The largest absolute Gasteiger partial charge is 0.376 e. The number of piperidine rings is 1. The number of aromatic nitrogens is 2. The van der Waals surface area contributed by atoms with Crippen molar-refractivity contribution in [3.63, 3.8) is 0 Å². The quantitative estimate of drug-likeness (QED) is 0.866. The van der Waals surface area contributed by atoms with Gasteiger partial charge in [-0.1, -0.05) is 19.0 Å². The normalized spacial score (nSPS) is 18.7. The first kappa shape index (κ1) is 16.7. The zero-order valence-corrected chi connectivity index (χ0v) is 13.7. The van der Waals surface area contributed by atoms with Crippen LogP contribution in [0, 0.1) is 12.8 Å². The van der Waals surface area contributed by atoms with E-state index >= 15 is 0 Å². The Kier molecular flexibility index (Phi) is 6.18. The molecule has 7 heteroatoms. The third-order valence-electron chi connectivity index (χ3n) is 3.58. The summed E-state index contributed by atoms with van der Waals surface area (Å²) in [6.07, 6.45) is 2.68. The molecule has 0 spiro atoms. The van der Waals surface area contributed by atoms with Gasteiger partial charge >= 0.3 is 6.03 Å². The number of likely N-dealkylation sites (tertiary alicyclic amines) is 1. The van der Waals surface area contributed by atoms with Gasteiger partial charge in [-0.15, -0.1) is 0 Å². The third-order valence-corrected chi connectivity index (χ3v) is 3.58. The van der Waals surface area contributed by atoms with Gasteiger partial charge in [-0.2, -0.15) is 4.98 Å². The number of hydrogen-bond donors (Lipinski definition) is 1. The average molecular weight is 310 g/mol. The van der Waals surface area contributed by atoms with Crippen LogP contribution in [0.2, 0.25) is 0 Å². The van der Waals surface area contributed by atoms with Gasteiger partial charge in [-0.25, -0.2) is 4.79 Å². The minimum Gasteiger partial charge on any atom is -0.376 e. The van der Waals surface area contributed by atoms with Gasteiger partial charge in [-0.05, 0) is 18.8 Å². The summed E-state index contributed by atoms with van der Waals surface area (Å²) >= 11 is 0. The van der Waals surface area contributed by atoms with Crippen LogP contribution in [0.25, 0.3) is 0 Å². The first-order valence-corrected chi connectivity index (χ1v) is 7.98. The van der Waals surface area contributed by atoms with Gasteiger partial charge in [0.05, 0.1) is 12.7 Å². The van der Waals surface area contributed by atoms with E-state index in [1.807, 2.05) is 4.90 Å². The van der Waals surface area contributed by atoms with Gasteiger partial charge in [0.25, 0.3) is 0 Å². The monoisotopic (exact) mass is 310 g/mol. The zero-order valence-electron chi connectivity index (χ0n) is 13.7. The van der Waals surface area contributed by atoms with Gasteiger partial charge in [0.1, 0.15) is 0 Å². The lowest BCUT2D eigenvalue weighted by atomic mass is 10.1. The van der Waals surface area contributed by atoms with Crippen LogP contribution in [0.15, 0.2) is 4.52 Å². The standard InChI is InChI=1S/C15H26N4O3/c1-11(2)9-16-15(20)19-7-4-5-13(10-19)21-8-6-14-17-12(3)22-18-14/h11,13H,4-10H2,1-3H3,(H,16,20). The van der Waals surface area contributed by atoms with Gasteiger partial charge < -0.3 is 19.5 Å². The number of carbonyl (C=O) groups is 1. The van der Waals surface area contributed by atoms with E-state index in [2.05, 4.69) is 29.3 Å². The number of aryl methyl sites for hydroxylation is 1. The smallest absolute Gasteiger partial charge is 0.317 e. The molecule has 2 amide bonds. The fraction of sp³-hybridized carbons (Fsp3) is 0.800. The minimum atomic E-state index is 0.00999. The molecule has 0 aromatic carbocycles. The molecular weight excluding hydrogens is 284 g/mol. The van der Waals surface area contributed by atoms with E-state index in [9.17, 15) is 4.79 Å². The number of nitrogens with zero attached hydrogens (tertiary/aromatic N) is 3. The summed E-state index contributed by atoms with van der Waals surface area (Å²) in [5.41, 5.74) is 0. The van der Waals surface area contributed by atoms with E-state index in [1.165, 1.54) is 0 Å². The molecule has 0 radical (unpaired) electrons. The SMILES string of the molecule is Cc1nc(CCOC2CCCN(C(=O)NCC(C)C)C2)no1. The van der Waals surface area contributed by atoms with Crippen LogP contribution in [0.5, 0.6) is 0 Å². The molecule has 1 aliphatic rings. The van der Waals surface area contributed by atoms with Crippen molar-refractivity contribution in [2.45, 2.75) is 46.1 Å². The van der Waals surface area contributed by atoms with Crippen LogP contribution in [-0.2, 0) is 11.2 Å². The Morgan fingerprint density at radius 1 is 1.55 bits per heavy atom. The lowest BCUT2D eigenvalue weighted by molar-refractivity contribution is 0.0105. The van der Waals surface area contributed by atoms with Gasteiger partial charge in [0.15, 0.2) is 5.82 Å². The molecule has 1 unspecified atom stereocenters. The van der Waals surface area contributed by atoms with Crippen molar-refractivity contribution >= 4 is 6.03 Å². The summed E-state index contributed by atoms with van der Waals surface area (Å²) in [6.45, 7) is 8.64. The first-order chi connectivity index (χ1) is 10.5. The van der Waals surface area contributed by atoms with Crippen LogP contribution < -0.4 is 5.32 Å². The number of urea groups is 1. The highest BCUT2D eigenvalue weighted by Gasteiger charge is 2.24. The summed E-state index contributed by atoms with van der Waals surface area (Å²) in [5, 5.41) is 6.80. The van der Waals surface area contributed by atoms with Crippen molar-refractivity contribution in [1.82, 2.24) is 20.4 Å². The fourth-order valence-electron chi connectivity index (χ4n) is 2.42. The summed E-state index contributed by atoms with van der Waals surface area (Å²) in [6, 6.07) is 0.00999. The van der Waals surface area contributed by atoms with Crippen LogP contribution in [0.4, 0.5) is 4.79 Å². The van der Waals surface area contributed by atoms with Crippen molar-refractivity contribution in [3.8, 4) is 0 Å². The number of rotatable bonds is 6. The van der Waals surface area contributed by atoms with Crippen LogP contribution in [-0.4, -0.2) is 53.4 Å².